The van der Waals surface area contributed by atoms with Crippen molar-refractivity contribution in [1.82, 2.24) is 4.90 Å². The topological polar surface area (TPSA) is 59.4 Å². The van der Waals surface area contributed by atoms with Crippen LogP contribution in [0.1, 0.15) is 23.6 Å². The van der Waals surface area contributed by atoms with Crippen LogP contribution in [0.15, 0.2) is 83.9 Å². The maximum absolute atomic E-state index is 13.6. The van der Waals surface area contributed by atoms with Gasteiger partial charge in [-0.3, -0.25) is 4.79 Å². The SMILES string of the molecule is O=C(O)CC1c2ccccc2N=C(N2CCN(c3ccccc3)CC2)N1c1cccc(C(F)(F)F)c1. The molecule has 36 heavy (non-hydrogen) atoms. The summed E-state index contributed by atoms with van der Waals surface area (Å²) in [6.45, 7) is 2.58. The van der Waals surface area contributed by atoms with Crippen molar-refractivity contribution < 1.29 is 23.1 Å². The zero-order valence-electron chi connectivity index (χ0n) is 19.4. The molecule has 2 aliphatic rings. The summed E-state index contributed by atoms with van der Waals surface area (Å²) >= 11 is 0. The van der Waals surface area contributed by atoms with E-state index in [1.54, 1.807) is 23.1 Å². The van der Waals surface area contributed by atoms with E-state index in [0.29, 0.717) is 43.4 Å². The Morgan fingerprint density at radius 2 is 1.50 bits per heavy atom. The molecule has 0 radical (unpaired) electrons. The molecule has 9 heteroatoms. The maximum atomic E-state index is 13.6. The van der Waals surface area contributed by atoms with E-state index in [2.05, 4.69) is 4.90 Å². The first-order chi connectivity index (χ1) is 17.3. The number of aliphatic carboxylic acids is 1. The fourth-order valence-corrected chi connectivity index (χ4v) is 4.83. The number of aliphatic imine (C=N–C) groups is 1. The van der Waals surface area contributed by atoms with E-state index in [4.69, 9.17) is 4.99 Å². The molecule has 1 saturated heterocycles. The van der Waals surface area contributed by atoms with E-state index in [1.165, 1.54) is 6.07 Å². The molecule has 1 N–H and O–H groups in total. The number of hydrogen-bond donors (Lipinski definition) is 1. The van der Waals surface area contributed by atoms with Crippen molar-refractivity contribution >= 4 is 29.0 Å². The predicted molar refractivity (Wildman–Crippen MR) is 133 cm³/mol. The van der Waals surface area contributed by atoms with Gasteiger partial charge >= 0.3 is 12.1 Å². The molecule has 0 saturated carbocycles. The normalized spacial score (nSPS) is 18.0. The van der Waals surface area contributed by atoms with Gasteiger partial charge in [-0.15, -0.1) is 0 Å². The molecule has 0 spiro atoms. The van der Waals surface area contributed by atoms with Gasteiger partial charge in [0.25, 0.3) is 0 Å². The molecular formula is C27H25F3N4O2. The number of guanidine groups is 1. The number of benzene rings is 3. The number of alkyl halides is 3. The zero-order valence-corrected chi connectivity index (χ0v) is 19.4. The van der Waals surface area contributed by atoms with E-state index in [-0.39, 0.29) is 12.1 Å². The van der Waals surface area contributed by atoms with E-state index < -0.39 is 23.8 Å². The largest absolute Gasteiger partial charge is 0.481 e. The minimum Gasteiger partial charge on any atom is -0.481 e. The lowest BCUT2D eigenvalue weighted by atomic mass is 9.97. The molecule has 0 aromatic heterocycles. The average Bonchev–Trinajstić information content (AvgIpc) is 2.88. The first-order valence-corrected chi connectivity index (χ1v) is 11.7. The Morgan fingerprint density at radius 1 is 0.861 bits per heavy atom. The number of carboxylic acids is 1. The van der Waals surface area contributed by atoms with E-state index in [9.17, 15) is 23.1 Å². The molecule has 1 atom stereocenters. The predicted octanol–water partition coefficient (Wildman–Crippen LogP) is 5.55. The first kappa shape index (κ1) is 23.7. The fraction of sp³-hybridized carbons (Fsp3) is 0.259. The molecule has 6 nitrogen and oxygen atoms in total. The third kappa shape index (κ3) is 4.73. The van der Waals surface area contributed by atoms with Gasteiger partial charge in [-0.25, -0.2) is 4.99 Å². The van der Waals surface area contributed by atoms with Crippen molar-refractivity contribution in [3.05, 3.63) is 90.0 Å². The zero-order chi connectivity index (χ0) is 25.3. The Balaban J connectivity index is 1.55. The maximum Gasteiger partial charge on any atom is 0.416 e. The molecule has 2 aliphatic heterocycles. The van der Waals surface area contributed by atoms with Gasteiger partial charge in [-0.05, 0) is 36.4 Å². The molecule has 3 aromatic carbocycles. The Bertz CT molecular complexity index is 1270. The van der Waals surface area contributed by atoms with Crippen molar-refractivity contribution in [3.63, 3.8) is 0 Å². The number of carboxylic acid groups (broad SMARTS) is 1. The summed E-state index contributed by atoms with van der Waals surface area (Å²) in [5.74, 6) is -0.575. The molecule has 0 aliphatic carbocycles. The van der Waals surface area contributed by atoms with E-state index in [0.717, 1.165) is 17.8 Å². The van der Waals surface area contributed by atoms with Crippen LogP contribution in [0.2, 0.25) is 0 Å². The van der Waals surface area contributed by atoms with Gasteiger partial charge in [0, 0.05) is 43.1 Å². The molecule has 3 aromatic rings. The molecule has 0 amide bonds. The standard InChI is InChI=1S/C27H25F3N4O2/c28-27(29,30)19-7-6-10-21(17-19)34-24(18-25(35)36)22-11-4-5-12-23(22)31-26(34)33-15-13-32(14-16-33)20-8-2-1-3-9-20/h1-12,17,24H,13-16,18H2,(H,35,36). The second-order valence-corrected chi connectivity index (χ2v) is 8.81. The lowest BCUT2D eigenvalue weighted by Gasteiger charge is -2.45. The highest BCUT2D eigenvalue weighted by atomic mass is 19.4. The van der Waals surface area contributed by atoms with Gasteiger partial charge in [0.15, 0.2) is 0 Å². The van der Waals surface area contributed by atoms with Crippen LogP contribution in [-0.2, 0) is 11.0 Å². The molecule has 1 fully saturated rings. The smallest absolute Gasteiger partial charge is 0.416 e. The molecule has 2 heterocycles. The highest BCUT2D eigenvalue weighted by Crippen LogP contribution is 2.42. The number of anilines is 2. The molecular weight excluding hydrogens is 469 g/mol. The van der Waals surface area contributed by atoms with Crippen LogP contribution in [0.5, 0.6) is 0 Å². The van der Waals surface area contributed by atoms with Crippen molar-refractivity contribution in [2.75, 3.05) is 36.0 Å². The van der Waals surface area contributed by atoms with Crippen LogP contribution in [0.3, 0.4) is 0 Å². The van der Waals surface area contributed by atoms with Crippen LogP contribution in [0, 0.1) is 0 Å². The monoisotopic (exact) mass is 494 g/mol. The highest BCUT2D eigenvalue weighted by Gasteiger charge is 2.38. The van der Waals surface area contributed by atoms with Crippen molar-refractivity contribution in [3.8, 4) is 0 Å². The number of rotatable bonds is 4. The molecule has 0 bridgehead atoms. The van der Waals surface area contributed by atoms with Crippen molar-refractivity contribution in [2.24, 2.45) is 4.99 Å². The number of hydrogen-bond acceptors (Lipinski definition) is 5. The third-order valence-electron chi connectivity index (χ3n) is 6.55. The number of nitrogens with zero attached hydrogens (tertiary/aromatic N) is 4. The number of halogens is 3. The lowest BCUT2D eigenvalue weighted by molar-refractivity contribution is -0.138. The second-order valence-electron chi connectivity index (χ2n) is 8.81. The second kappa shape index (κ2) is 9.56. The Hall–Kier alpha value is -4.01. The molecule has 1 unspecified atom stereocenters. The lowest BCUT2D eigenvalue weighted by Crippen LogP contribution is -2.55. The Kier molecular flexibility index (Phi) is 6.30. The van der Waals surface area contributed by atoms with Crippen molar-refractivity contribution in [1.29, 1.82) is 0 Å². The van der Waals surface area contributed by atoms with Gasteiger partial charge in [0.1, 0.15) is 0 Å². The van der Waals surface area contributed by atoms with Crippen molar-refractivity contribution in [2.45, 2.75) is 18.6 Å². The summed E-state index contributed by atoms with van der Waals surface area (Å²) in [6.07, 6.45) is -4.80. The number of carbonyl (C=O) groups is 1. The van der Waals surface area contributed by atoms with Gasteiger partial charge < -0.3 is 19.8 Å². The molecule has 186 valence electrons. The van der Waals surface area contributed by atoms with Gasteiger partial charge in [0.2, 0.25) is 5.96 Å². The first-order valence-electron chi connectivity index (χ1n) is 11.7. The van der Waals surface area contributed by atoms with E-state index in [1.807, 2.05) is 47.4 Å². The number of para-hydroxylation sites is 2. The van der Waals surface area contributed by atoms with Gasteiger partial charge in [-0.2, -0.15) is 13.2 Å². The average molecular weight is 495 g/mol. The minimum atomic E-state index is -4.52. The fourth-order valence-electron chi connectivity index (χ4n) is 4.83. The van der Waals surface area contributed by atoms with Gasteiger partial charge in [0.05, 0.1) is 23.7 Å². The van der Waals surface area contributed by atoms with E-state index >= 15 is 0 Å². The summed E-state index contributed by atoms with van der Waals surface area (Å²) in [7, 11) is 0. The van der Waals surface area contributed by atoms with Crippen LogP contribution in [0.25, 0.3) is 0 Å². The van der Waals surface area contributed by atoms with Crippen LogP contribution < -0.4 is 9.80 Å². The number of fused-ring (bicyclic) bond motifs is 1. The molecule has 5 rings (SSSR count). The van der Waals surface area contributed by atoms with Crippen LogP contribution in [0.4, 0.5) is 30.2 Å². The van der Waals surface area contributed by atoms with Gasteiger partial charge in [-0.1, -0.05) is 42.5 Å². The number of piperazine rings is 1. The summed E-state index contributed by atoms with van der Waals surface area (Å²) in [5, 5.41) is 9.73. The van der Waals surface area contributed by atoms with Crippen LogP contribution in [-0.4, -0.2) is 48.1 Å². The Labute approximate surface area is 206 Å². The van der Waals surface area contributed by atoms with Crippen LogP contribution >= 0.6 is 0 Å². The summed E-state index contributed by atoms with van der Waals surface area (Å²) in [4.78, 5) is 22.7. The highest BCUT2D eigenvalue weighted by molar-refractivity contribution is 6.01. The minimum absolute atomic E-state index is 0.259. The summed E-state index contributed by atoms with van der Waals surface area (Å²) in [6, 6.07) is 21.5. The quantitative estimate of drug-likeness (QED) is 0.515. The summed E-state index contributed by atoms with van der Waals surface area (Å²) in [5.41, 5.74) is 1.87. The summed E-state index contributed by atoms with van der Waals surface area (Å²) < 4.78 is 40.7. The Morgan fingerprint density at radius 3 is 2.19 bits per heavy atom. The third-order valence-corrected chi connectivity index (χ3v) is 6.55.